The SMILES string of the molecule is CC(/N=C/C(=O)O)c1ccccc1. The third-order valence-electron chi connectivity index (χ3n) is 1.69. The van der Waals surface area contributed by atoms with Crippen LogP contribution in [-0.2, 0) is 4.79 Å². The molecular weight excluding hydrogens is 166 g/mol. The minimum absolute atomic E-state index is 0.0997. The molecule has 0 bridgehead atoms. The van der Waals surface area contributed by atoms with Gasteiger partial charge >= 0.3 is 5.97 Å². The molecule has 0 aliphatic heterocycles. The predicted molar refractivity (Wildman–Crippen MR) is 51.0 cm³/mol. The highest BCUT2D eigenvalue weighted by Gasteiger charge is 2.00. The zero-order valence-corrected chi connectivity index (χ0v) is 7.34. The fourth-order valence-electron chi connectivity index (χ4n) is 0.993. The first-order valence-electron chi connectivity index (χ1n) is 4.01. The smallest absolute Gasteiger partial charge is 0.346 e. The largest absolute Gasteiger partial charge is 0.477 e. The number of hydrogen-bond donors (Lipinski definition) is 1. The van der Waals surface area contributed by atoms with E-state index in [0.29, 0.717) is 0 Å². The molecule has 1 rings (SSSR count). The summed E-state index contributed by atoms with van der Waals surface area (Å²) in [5.74, 6) is -1.01. The number of carboxylic acids is 1. The molecule has 3 nitrogen and oxygen atoms in total. The second-order valence-electron chi connectivity index (χ2n) is 2.70. The highest BCUT2D eigenvalue weighted by Crippen LogP contribution is 2.14. The van der Waals surface area contributed by atoms with Crippen LogP contribution in [0.1, 0.15) is 18.5 Å². The summed E-state index contributed by atoms with van der Waals surface area (Å²) in [6, 6.07) is 9.46. The molecule has 1 aromatic carbocycles. The molecule has 0 aromatic heterocycles. The van der Waals surface area contributed by atoms with Crippen LogP contribution in [0.3, 0.4) is 0 Å². The van der Waals surface area contributed by atoms with Crippen molar-refractivity contribution in [1.29, 1.82) is 0 Å². The van der Waals surface area contributed by atoms with Gasteiger partial charge < -0.3 is 5.11 Å². The van der Waals surface area contributed by atoms with Crippen LogP contribution in [0.2, 0.25) is 0 Å². The van der Waals surface area contributed by atoms with E-state index in [1.54, 1.807) is 0 Å². The maximum Gasteiger partial charge on any atom is 0.346 e. The lowest BCUT2D eigenvalue weighted by Gasteiger charge is -2.04. The van der Waals surface area contributed by atoms with Crippen molar-refractivity contribution in [1.82, 2.24) is 0 Å². The molecular formula is C10H11NO2. The number of benzene rings is 1. The Balaban J connectivity index is 2.69. The Bertz CT molecular complexity index is 306. The van der Waals surface area contributed by atoms with Gasteiger partial charge in [-0.1, -0.05) is 30.3 Å². The highest BCUT2D eigenvalue weighted by atomic mass is 16.4. The number of aliphatic carboxylic acids is 1. The molecule has 0 spiro atoms. The van der Waals surface area contributed by atoms with Crippen LogP contribution < -0.4 is 0 Å². The van der Waals surface area contributed by atoms with E-state index in [4.69, 9.17) is 5.11 Å². The zero-order chi connectivity index (χ0) is 9.68. The Morgan fingerprint density at radius 3 is 2.62 bits per heavy atom. The molecule has 3 heteroatoms. The van der Waals surface area contributed by atoms with Crippen LogP contribution in [0.25, 0.3) is 0 Å². The van der Waals surface area contributed by atoms with Crippen molar-refractivity contribution in [3.05, 3.63) is 35.9 Å². The van der Waals surface area contributed by atoms with Gasteiger partial charge in [-0.2, -0.15) is 0 Å². The standard InChI is InChI=1S/C10H11NO2/c1-8(11-7-10(12)13)9-5-3-2-4-6-9/h2-8H,1H3,(H,12,13)/b11-7+. The van der Waals surface area contributed by atoms with Gasteiger partial charge in [0, 0.05) is 0 Å². The molecule has 0 saturated carbocycles. The van der Waals surface area contributed by atoms with Crippen LogP contribution in [0, 0.1) is 0 Å². The van der Waals surface area contributed by atoms with E-state index in [1.165, 1.54) is 0 Å². The quantitative estimate of drug-likeness (QED) is 0.717. The predicted octanol–water partition coefficient (Wildman–Crippen LogP) is 1.90. The molecule has 13 heavy (non-hydrogen) atoms. The van der Waals surface area contributed by atoms with Crippen molar-refractivity contribution in [2.24, 2.45) is 4.99 Å². The van der Waals surface area contributed by atoms with Gasteiger partial charge in [0.15, 0.2) is 0 Å². The molecule has 68 valence electrons. The van der Waals surface area contributed by atoms with Gasteiger partial charge in [0.2, 0.25) is 0 Å². The molecule has 1 aromatic rings. The lowest BCUT2D eigenvalue weighted by molar-refractivity contribution is -0.128. The Kier molecular flexibility index (Phi) is 3.20. The summed E-state index contributed by atoms with van der Waals surface area (Å²) < 4.78 is 0. The molecule has 0 radical (unpaired) electrons. The highest BCUT2D eigenvalue weighted by molar-refractivity contribution is 6.22. The number of carbonyl (C=O) groups is 1. The second kappa shape index (κ2) is 4.40. The van der Waals surface area contributed by atoms with E-state index in [9.17, 15) is 4.79 Å². The van der Waals surface area contributed by atoms with Crippen LogP contribution in [-0.4, -0.2) is 17.3 Å². The van der Waals surface area contributed by atoms with Crippen molar-refractivity contribution < 1.29 is 9.90 Å². The van der Waals surface area contributed by atoms with Crippen molar-refractivity contribution >= 4 is 12.2 Å². The first-order valence-corrected chi connectivity index (χ1v) is 4.01. The van der Waals surface area contributed by atoms with Crippen molar-refractivity contribution in [3.8, 4) is 0 Å². The van der Waals surface area contributed by atoms with Crippen molar-refractivity contribution in [3.63, 3.8) is 0 Å². The van der Waals surface area contributed by atoms with Crippen LogP contribution in [0.4, 0.5) is 0 Å². The van der Waals surface area contributed by atoms with Gasteiger partial charge in [-0.3, -0.25) is 4.99 Å². The minimum Gasteiger partial charge on any atom is -0.477 e. The average molecular weight is 177 g/mol. The van der Waals surface area contributed by atoms with E-state index in [1.807, 2.05) is 37.3 Å². The number of rotatable bonds is 3. The molecule has 0 fully saturated rings. The number of carboxylic acid groups (broad SMARTS) is 1. The average Bonchev–Trinajstić information content (AvgIpc) is 2.15. The van der Waals surface area contributed by atoms with Gasteiger partial charge in [0.05, 0.1) is 6.04 Å². The van der Waals surface area contributed by atoms with E-state index in [2.05, 4.69) is 4.99 Å². The summed E-state index contributed by atoms with van der Waals surface area (Å²) in [7, 11) is 0. The summed E-state index contributed by atoms with van der Waals surface area (Å²) in [5, 5.41) is 8.36. The molecule has 0 aliphatic carbocycles. The zero-order valence-electron chi connectivity index (χ0n) is 7.34. The van der Waals surface area contributed by atoms with Gasteiger partial charge in [-0.05, 0) is 12.5 Å². The summed E-state index contributed by atoms with van der Waals surface area (Å²) in [4.78, 5) is 14.1. The van der Waals surface area contributed by atoms with Gasteiger partial charge in [0.25, 0.3) is 0 Å². The van der Waals surface area contributed by atoms with Crippen LogP contribution in [0.15, 0.2) is 35.3 Å². The van der Waals surface area contributed by atoms with E-state index < -0.39 is 5.97 Å². The Morgan fingerprint density at radius 1 is 1.46 bits per heavy atom. The van der Waals surface area contributed by atoms with E-state index >= 15 is 0 Å². The fourth-order valence-corrected chi connectivity index (χ4v) is 0.993. The van der Waals surface area contributed by atoms with E-state index in [-0.39, 0.29) is 6.04 Å². The molecule has 1 N–H and O–H groups in total. The first-order chi connectivity index (χ1) is 6.20. The van der Waals surface area contributed by atoms with Crippen LogP contribution >= 0.6 is 0 Å². The Labute approximate surface area is 76.7 Å². The maximum absolute atomic E-state index is 10.2. The third-order valence-corrected chi connectivity index (χ3v) is 1.69. The summed E-state index contributed by atoms with van der Waals surface area (Å²) in [6.45, 7) is 1.86. The molecule has 0 saturated heterocycles. The molecule has 1 unspecified atom stereocenters. The first kappa shape index (κ1) is 9.45. The van der Waals surface area contributed by atoms with E-state index in [0.717, 1.165) is 11.8 Å². The lowest BCUT2D eigenvalue weighted by atomic mass is 10.1. The normalized spacial score (nSPS) is 13.0. The number of aliphatic imine (C=N–C) groups is 1. The molecule has 0 aliphatic rings. The molecule has 1 atom stereocenters. The monoisotopic (exact) mass is 177 g/mol. The lowest BCUT2D eigenvalue weighted by Crippen LogP contribution is -1.98. The van der Waals surface area contributed by atoms with Crippen molar-refractivity contribution in [2.45, 2.75) is 13.0 Å². The van der Waals surface area contributed by atoms with Crippen molar-refractivity contribution in [2.75, 3.05) is 0 Å². The maximum atomic E-state index is 10.2. The van der Waals surface area contributed by atoms with Gasteiger partial charge in [0.1, 0.15) is 6.21 Å². The number of hydrogen-bond acceptors (Lipinski definition) is 2. The summed E-state index contributed by atoms with van der Waals surface area (Å²) in [6.07, 6.45) is 0.928. The van der Waals surface area contributed by atoms with Crippen LogP contribution in [0.5, 0.6) is 0 Å². The van der Waals surface area contributed by atoms with Gasteiger partial charge in [-0.25, -0.2) is 4.79 Å². The summed E-state index contributed by atoms with van der Waals surface area (Å²) in [5.41, 5.74) is 1.01. The Hall–Kier alpha value is -1.64. The molecule has 0 amide bonds. The Morgan fingerprint density at radius 2 is 2.08 bits per heavy atom. The minimum atomic E-state index is -1.01. The fraction of sp³-hybridized carbons (Fsp3) is 0.200. The van der Waals surface area contributed by atoms with Gasteiger partial charge in [-0.15, -0.1) is 0 Å². The molecule has 0 heterocycles. The topological polar surface area (TPSA) is 49.7 Å². The summed E-state index contributed by atoms with van der Waals surface area (Å²) >= 11 is 0. The number of nitrogens with zero attached hydrogens (tertiary/aromatic N) is 1. The second-order valence-corrected chi connectivity index (χ2v) is 2.70. The third kappa shape index (κ3) is 3.07.